The van der Waals surface area contributed by atoms with Crippen molar-refractivity contribution in [3.05, 3.63) is 58.7 Å². The third-order valence-corrected chi connectivity index (χ3v) is 7.80. The van der Waals surface area contributed by atoms with Crippen LogP contribution in [0.15, 0.2) is 36.4 Å². The van der Waals surface area contributed by atoms with Crippen LogP contribution in [0.3, 0.4) is 0 Å². The van der Waals surface area contributed by atoms with E-state index >= 15 is 0 Å². The number of amides is 2. The Hall–Kier alpha value is -3.55. The zero-order valence-electron chi connectivity index (χ0n) is 22.4. The molecule has 3 heterocycles. The Balaban J connectivity index is 1.59. The fourth-order valence-electron chi connectivity index (χ4n) is 6.16. The van der Waals surface area contributed by atoms with Crippen molar-refractivity contribution in [2.45, 2.75) is 52.0 Å². The van der Waals surface area contributed by atoms with E-state index in [9.17, 15) is 14.4 Å². The molecule has 0 spiro atoms. The number of nitrogens with zero attached hydrogens (tertiary/aromatic N) is 2. The third-order valence-electron chi connectivity index (χ3n) is 7.80. The van der Waals surface area contributed by atoms with Gasteiger partial charge in [-0.3, -0.25) is 14.4 Å². The van der Waals surface area contributed by atoms with Crippen molar-refractivity contribution in [3.63, 3.8) is 0 Å². The predicted molar refractivity (Wildman–Crippen MR) is 141 cm³/mol. The van der Waals surface area contributed by atoms with Crippen LogP contribution < -0.4 is 9.47 Å². The highest BCUT2D eigenvalue weighted by molar-refractivity contribution is 6.01. The maximum Gasteiger partial charge on any atom is 0.310 e. The van der Waals surface area contributed by atoms with E-state index in [-0.39, 0.29) is 23.7 Å². The molecule has 3 aliphatic heterocycles. The number of fused-ring (bicyclic) bond motifs is 4. The van der Waals surface area contributed by atoms with Crippen LogP contribution in [-0.4, -0.2) is 67.0 Å². The molecule has 5 rings (SSSR count). The molecule has 202 valence electrons. The Labute approximate surface area is 223 Å². The van der Waals surface area contributed by atoms with Gasteiger partial charge >= 0.3 is 5.97 Å². The number of benzene rings is 2. The molecule has 2 amide bonds. The molecule has 1 fully saturated rings. The molecule has 0 radical (unpaired) electrons. The molecule has 0 unspecified atom stereocenters. The van der Waals surface area contributed by atoms with Gasteiger partial charge in [0.15, 0.2) is 11.5 Å². The zero-order chi connectivity index (χ0) is 26.8. The van der Waals surface area contributed by atoms with E-state index in [1.54, 1.807) is 11.8 Å². The maximum atomic E-state index is 14.4. The number of hydrogen-bond acceptors (Lipinski definition) is 6. The second-order valence-corrected chi connectivity index (χ2v) is 10.00. The standard InChI is InChI=1S/C30H36N2O6/c1-4-36-24-16-19-13-15-32-27(23(19)17-25(24)37-5-2)26(21-11-7-8-12-22(21)28(32)33)29(34)31-14-9-10-20(18-31)30(35)38-6-3/h7-8,11-12,16-17,20,26-27H,4-6,9-10,13-15,18H2,1-3H3/t20-,26-,27-/m1/s1. The fraction of sp³-hybridized carbons (Fsp3) is 0.500. The molecular weight excluding hydrogens is 484 g/mol. The van der Waals surface area contributed by atoms with Crippen LogP contribution in [0, 0.1) is 5.92 Å². The highest BCUT2D eigenvalue weighted by Gasteiger charge is 2.48. The lowest BCUT2D eigenvalue weighted by Crippen LogP contribution is -2.52. The molecule has 8 heteroatoms. The quantitative estimate of drug-likeness (QED) is 0.511. The van der Waals surface area contributed by atoms with Gasteiger partial charge in [-0.1, -0.05) is 18.2 Å². The average Bonchev–Trinajstić information content (AvgIpc) is 2.94. The van der Waals surface area contributed by atoms with Gasteiger partial charge in [-0.2, -0.15) is 0 Å². The van der Waals surface area contributed by atoms with Gasteiger partial charge in [0.2, 0.25) is 5.91 Å². The van der Waals surface area contributed by atoms with Crippen molar-refractivity contribution in [2.24, 2.45) is 5.92 Å². The topological polar surface area (TPSA) is 85.4 Å². The molecule has 0 saturated carbocycles. The molecule has 0 aromatic heterocycles. The number of piperidine rings is 1. The minimum Gasteiger partial charge on any atom is -0.490 e. The second kappa shape index (κ2) is 11.1. The average molecular weight is 521 g/mol. The Morgan fingerprint density at radius 3 is 2.42 bits per heavy atom. The van der Waals surface area contributed by atoms with Gasteiger partial charge in [-0.25, -0.2) is 0 Å². The normalized spacial score (nSPS) is 22.2. The Morgan fingerprint density at radius 1 is 0.947 bits per heavy atom. The van der Waals surface area contributed by atoms with Crippen molar-refractivity contribution in [2.75, 3.05) is 39.5 Å². The van der Waals surface area contributed by atoms with Crippen LogP contribution in [0.2, 0.25) is 0 Å². The highest BCUT2D eigenvalue weighted by Crippen LogP contribution is 2.49. The van der Waals surface area contributed by atoms with E-state index in [1.807, 2.05) is 55.1 Å². The van der Waals surface area contributed by atoms with Gasteiger partial charge in [-0.15, -0.1) is 0 Å². The number of carbonyl (C=O) groups excluding carboxylic acids is 3. The van der Waals surface area contributed by atoms with Crippen molar-refractivity contribution in [3.8, 4) is 11.5 Å². The van der Waals surface area contributed by atoms with E-state index in [4.69, 9.17) is 14.2 Å². The summed E-state index contributed by atoms with van der Waals surface area (Å²) in [6.45, 7) is 8.38. The van der Waals surface area contributed by atoms with Crippen LogP contribution in [0.5, 0.6) is 11.5 Å². The zero-order valence-corrected chi connectivity index (χ0v) is 22.4. The minimum absolute atomic E-state index is 0.0600. The second-order valence-electron chi connectivity index (χ2n) is 10.00. The minimum atomic E-state index is -0.587. The van der Waals surface area contributed by atoms with Crippen molar-refractivity contribution >= 4 is 17.8 Å². The van der Waals surface area contributed by atoms with Crippen LogP contribution in [-0.2, 0) is 20.7 Å². The van der Waals surface area contributed by atoms with E-state index in [2.05, 4.69) is 0 Å². The van der Waals surface area contributed by atoms with Crippen LogP contribution in [0.25, 0.3) is 0 Å². The van der Waals surface area contributed by atoms with Crippen molar-refractivity contribution in [1.29, 1.82) is 0 Å². The lowest BCUT2D eigenvalue weighted by Gasteiger charge is -2.47. The van der Waals surface area contributed by atoms with Crippen LogP contribution >= 0.6 is 0 Å². The van der Waals surface area contributed by atoms with Gasteiger partial charge in [-0.05, 0) is 74.9 Å². The smallest absolute Gasteiger partial charge is 0.310 e. The summed E-state index contributed by atoms with van der Waals surface area (Å²) < 4.78 is 17.1. The first-order chi connectivity index (χ1) is 18.5. The summed E-state index contributed by atoms with van der Waals surface area (Å²) in [5, 5.41) is 0. The number of esters is 1. The van der Waals surface area contributed by atoms with Gasteiger partial charge in [0, 0.05) is 25.2 Å². The monoisotopic (exact) mass is 520 g/mol. The molecule has 1 saturated heterocycles. The number of ether oxygens (including phenoxy) is 3. The molecule has 2 aromatic rings. The lowest BCUT2D eigenvalue weighted by atomic mass is 9.75. The number of likely N-dealkylation sites (tertiary alicyclic amines) is 1. The predicted octanol–water partition coefficient (Wildman–Crippen LogP) is 4.12. The molecule has 8 nitrogen and oxygen atoms in total. The summed E-state index contributed by atoms with van der Waals surface area (Å²) >= 11 is 0. The fourth-order valence-corrected chi connectivity index (χ4v) is 6.16. The van der Waals surface area contributed by atoms with Crippen LogP contribution in [0.1, 0.15) is 72.6 Å². The molecule has 3 atom stereocenters. The van der Waals surface area contributed by atoms with E-state index < -0.39 is 12.0 Å². The number of rotatable bonds is 7. The summed E-state index contributed by atoms with van der Waals surface area (Å²) in [5.74, 6) is 0.00747. The highest BCUT2D eigenvalue weighted by atomic mass is 16.5. The van der Waals surface area contributed by atoms with Gasteiger partial charge in [0.05, 0.1) is 37.7 Å². The third kappa shape index (κ3) is 4.61. The van der Waals surface area contributed by atoms with Gasteiger partial charge < -0.3 is 24.0 Å². The molecule has 0 bridgehead atoms. The van der Waals surface area contributed by atoms with Crippen molar-refractivity contribution in [1.82, 2.24) is 9.80 Å². The van der Waals surface area contributed by atoms with E-state index in [0.717, 1.165) is 23.1 Å². The molecule has 2 aromatic carbocycles. The summed E-state index contributed by atoms with van der Waals surface area (Å²) in [5.41, 5.74) is 3.29. The molecule has 38 heavy (non-hydrogen) atoms. The lowest BCUT2D eigenvalue weighted by molar-refractivity contribution is -0.151. The summed E-state index contributed by atoms with van der Waals surface area (Å²) in [7, 11) is 0. The van der Waals surface area contributed by atoms with E-state index in [1.165, 1.54) is 0 Å². The first-order valence-corrected chi connectivity index (χ1v) is 13.8. The summed E-state index contributed by atoms with van der Waals surface area (Å²) in [6.07, 6.45) is 2.11. The van der Waals surface area contributed by atoms with Gasteiger partial charge in [0.25, 0.3) is 5.91 Å². The molecule has 0 N–H and O–H groups in total. The first kappa shape index (κ1) is 26.1. The Bertz CT molecular complexity index is 1230. The molecular formula is C30H36N2O6. The summed E-state index contributed by atoms with van der Waals surface area (Å²) in [6, 6.07) is 10.9. The van der Waals surface area contributed by atoms with Crippen LogP contribution in [0.4, 0.5) is 0 Å². The number of carbonyl (C=O) groups is 3. The first-order valence-electron chi connectivity index (χ1n) is 13.8. The Morgan fingerprint density at radius 2 is 1.68 bits per heavy atom. The van der Waals surface area contributed by atoms with Gasteiger partial charge in [0.1, 0.15) is 0 Å². The molecule has 3 aliphatic rings. The maximum absolute atomic E-state index is 14.4. The Kier molecular flexibility index (Phi) is 7.58. The van der Waals surface area contributed by atoms with E-state index in [0.29, 0.717) is 69.4 Å². The largest absolute Gasteiger partial charge is 0.490 e. The van der Waals surface area contributed by atoms with Crippen molar-refractivity contribution < 1.29 is 28.6 Å². The SMILES string of the molecule is CCOC(=O)[C@@H]1CCCN(C(=O)[C@@H]2c3ccccc3C(=O)N3CCc4cc(OCC)c(OCC)cc4[C@H]23)C1. The summed E-state index contributed by atoms with van der Waals surface area (Å²) in [4.78, 5) is 44.2. The molecule has 0 aliphatic carbocycles. The number of hydrogen-bond donors (Lipinski definition) is 0.